The SMILES string of the molecule is CNC(=O)c1ccc(NC(=O)NCc2ccccc2)cc1Cl. The van der Waals surface area contributed by atoms with Crippen LogP contribution in [0.4, 0.5) is 10.5 Å². The fourth-order valence-corrected chi connectivity index (χ4v) is 2.13. The summed E-state index contributed by atoms with van der Waals surface area (Å²) < 4.78 is 0. The van der Waals surface area contributed by atoms with Crippen molar-refractivity contribution in [2.75, 3.05) is 12.4 Å². The maximum absolute atomic E-state index is 11.8. The number of urea groups is 1. The first kappa shape index (κ1) is 15.9. The highest BCUT2D eigenvalue weighted by Gasteiger charge is 2.10. The molecule has 0 bridgehead atoms. The van der Waals surface area contributed by atoms with Crippen molar-refractivity contribution in [1.29, 1.82) is 0 Å². The van der Waals surface area contributed by atoms with Crippen molar-refractivity contribution in [2.45, 2.75) is 6.54 Å². The zero-order chi connectivity index (χ0) is 15.9. The van der Waals surface area contributed by atoms with Crippen molar-refractivity contribution in [2.24, 2.45) is 0 Å². The molecule has 0 aliphatic heterocycles. The van der Waals surface area contributed by atoms with Crippen molar-refractivity contribution >= 4 is 29.2 Å². The molecule has 114 valence electrons. The van der Waals surface area contributed by atoms with Crippen LogP contribution in [0.15, 0.2) is 48.5 Å². The molecule has 0 unspecified atom stereocenters. The lowest BCUT2D eigenvalue weighted by molar-refractivity contribution is 0.0963. The lowest BCUT2D eigenvalue weighted by Gasteiger charge is -2.09. The van der Waals surface area contributed by atoms with E-state index in [1.807, 2.05) is 30.3 Å². The van der Waals surface area contributed by atoms with Gasteiger partial charge in [-0.05, 0) is 23.8 Å². The van der Waals surface area contributed by atoms with Crippen LogP contribution in [-0.4, -0.2) is 19.0 Å². The molecule has 22 heavy (non-hydrogen) atoms. The molecule has 0 radical (unpaired) electrons. The molecular formula is C16H16ClN3O2. The molecule has 0 spiro atoms. The Bertz CT molecular complexity index is 674. The summed E-state index contributed by atoms with van der Waals surface area (Å²) in [7, 11) is 1.53. The van der Waals surface area contributed by atoms with Gasteiger partial charge in [-0.1, -0.05) is 41.9 Å². The minimum Gasteiger partial charge on any atom is -0.355 e. The van der Waals surface area contributed by atoms with E-state index < -0.39 is 0 Å². The standard InChI is InChI=1S/C16H16ClN3O2/c1-18-15(21)13-8-7-12(9-14(13)17)20-16(22)19-10-11-5-3-2-4-6-11/h2-9H,10H2,1H3,(H,18,21)(H2,19,20,22). The highest BCUT2D eigenvalue weighted by atomic mass is 35.5. The third-order valence-corrected chi connectivity index (χ3v) is 3.31. The average molecular weight is 318 g/mol. The van der Waals surface area contributed by atoms with Crippen LogP contribution < -0.4 is 16.0 Å². The zero-order valence-electron chi connectivity index (χ0n) is 12.0. The van der Waals surface area contributed by atoms with Gasteiger partial charge in [0.05, 0.1) is 10.6 Å². The zero-order valence-corrected chi connectivity index (χ0v) is 12.8. The Labute approximate surface area is 133 Å². The molecule has 0 aliphatic carbocycles. The van der Waals surface area contributed by atoms with Gasteiger partial charge in [0.25, 0.3) is 5.91 Å². The number of carbonyl (C=O) groups excluding carboxylic acids is 2. The number of benzene rings is 2. The summed E-state index contributed by atoms with van der Waals surface area (Å²) >= 11 is 6.03. The van der Waals surface area contributed by atoms with Crippen molar-refractivity contribution < 1.29 is 9.59 Å². The van der Waals surface area contributed by atoms with E-state index in [9.17, 15) is 9.59 Å². The molecule has 0 fully saturated rings. The molecule has 0 atom stereocenters. The predicted octanol–water partition coefficient (Wildman–Crippen LogP) is 3.02. The number of amides is 3. The van der Waals surface area contributed by atoms with Gasteiger partial charge in [-0.25, -0.2) is 4.79 Å². The van der Waals surface area contributed by atoms with Gasteiger partial charge in [0, 0.05) is 19.3 Å². The van der Waals surface area contributed by atoms with Gasteiger partial charge in [-0.3, -0.25) is 4.79 Å². The van der Waals surface area contributed by atoms with Crippen LogP contribution in [0.1, 0.15) is 15.9 Å². The molecule has 0 aromatic heterocycles. The molecule has 2 aromatic rings. The molecule has 2 rings (SSSR count). The van der Waals surface area contributed by atoms with Crippen LogP contribution >= 0.6 is 11.6 Å². The van der Waals surface area contributed by atoms with Gasteiger partial charge in [0.2, 0.25) is 0 Å². The van der Waals surface area contributed by atoms with E-state index in [2.05, 4.69) is 16.0 Å². The van der Waals surface area contributed by atoms with Gasteiger partial charge in [-0.15, -0.1) is 0 Å². The van der Waals surface area contributed by atoms with Gasteiger partial charge >= 0.3 is 6.03 Å². The molecule has 0 heterocycles. The Balaban J connectivity index is 1.94. The maximum Gasteiger partial charge on any atom is 0.319 e. The Morgan fingerprint density at radius 2 is 1.82 bits per heavy atom. The van der Waals surface area contributed by atoms with Gasteiger partial charge in [-0.2, -0.15) is 0 Å². The Morgan fingerprint density at radius 3 is 2.45 bits per heavy atom. The molecule has 5 nitrogen and oxygen atoms in total. The molecule has 0 saturated heterocycles. The number of halogens is 1. The van der Waals surface area contributed by atoms with E-state index in [-0.39, 0.29) is 17.0 Å². The molecule has 3 amide bonds. The summed E-state index contributed by atoms with van der Waals surface area (Å²) in [5.74, 6) is -0.273. The minimum atomic E-state index is -0.340. The second kappa shape index (κ2) is 7.47. The van der Waals surface area contributed by atoms with E-state index in [0.717, 1.165) is 5.56 Å². The summed E-state index contributed by atoms with van der Waals surface area (Å²) in [6.07, 6.45) is 0. The van der Waals surface area contributed by atoms with E-state index in [1.165, 1.54) is 13.1 Å². The molecule has 0 saturated carbocycles. The van der Waals surface area contributed by atoms with Gasteiger partial charge in [0.15, 0.2) is 0 Å². The second-order valence-electron chi connectivity index (χ2n) is 4.57. The Kier molecular flexibility index (Phi) is 5.38. The number of rotatable bonds is 4. The maximum atomic E-state index is 11.8. The predicted molar refractivity (Wildman–Crippen MR) is 87.1 cm³/mol. The Morgan fingerprint density at radius 1 is 1.09 bits per heavy atom. The monoisotopic (exact) mass is 317 g/mol. The summed E-state index contributed by atoms with van der Waals surface area (Å²) in [5, 5.41) is 8.19. The van der Waals surface area contributed by atoms with Crippen LogP contribution in [0.25, 0.3) is 0 Å². The van der Waals surface area contributed by atoms with Crippen LogP contribution in [0.3, 0.4) is 0 Å². The number of carbonyl (C=O) groups is 2. The summed E-state index contributed by atoms with van der Waals surface area (Å²) in [4.78, 5) is 23.4. The highest BCUT2D eigenvalue weighted by molar-refractivity contribution is 6.34. The van der Waals surface area contributed by atoms with Crippen molar-refractivity contribution in [1.82, 2.24) is 10.6 Å². The first-order valence-electron chi connectivity index (χ1n) is 6.70. The van der Waals surface area contributed by atoms with Crippen LogP contribution in [-0.2, 0) is 6.54 Å². The Hall–Kier alpha value is -2.53. The topological polar surface area (TPSA) is 70.2 Å². The first-order chi connectivity index (χ1) is 10.6. The highest BCUT2D eigenvalue weighted by Crippen LogP contribution is 2.20. The minimum absolute atomic E-state index is 0.273. The molecule has 2 aromatic carbocycles. The van der Waals surface area contributed by atoms with Crippen LogP contribution in [0.5, 0.6) is 0 Å². The average Bonchev–Trinajstić information content (AvgIpc) is 2.53. The summed E-state index contributed by atoms with van der Waals surface area (Å²) in [6, 6.07) is 14.0. The largest absolute Gasteiger partial charge is 0.355 e. The van der Waals surface area contributed by atoms with Crippen molar-refractivity contribution in [3.8, 4) is 0 Å². The molecular weight excluding hydrogens is 302 g/mol. The second-order valence-corrected chi connectivity index (χ2v) is 4.97. The molecule has 3 N–H and O–H groups in total. The third-order valence-electron chi connectivity index (χ3n) is 2.99. The number of nitrogens with one attached hydrogen (secondary N) is 3. The normalized spacial score (nSPS) is 9.91. The summed E-state index contributed by atoms with van der Waals surface area (Å²) in [6.45, 7) is 0.427. The third kappa shape index (κ3) is 4.23. The van der Waals surface area contributed by atoms with Gasteiger partial charge < -0.3 is 16.0 Å². The number of hydrogen-bond donors (Lipinski definition) is 3. The van der Waals surface area contributed by atoms with E-state index in [4.69, 9.17) is 11.6 Å². The van der Waals surface area contributed by atoms with Crippen molar-refractivity contribution in [3.63, 3.8) is 0 Å². The molecule has 6 heteroatoms. The number of anilines is 1. The lowest BCUT2D eigenvalue weighted by atomic mass is 10.2. The van der Waals surface area contributed by atoms with E-state index in [1.54, 1.807) is 12.1 Å². The lowest BCUT2D eigenvalue weighted by Crippen LogP contribution is -2.28. The smallest absolute Gasteiger partial charge is 0.319 e. The fraction of sp³-hybridized carbons (Fsp3) is 0.125. The quantitative estimate of drug-likeness (QED) is 0.811. The van der Waals surface area contributed by atoms with Gasteiger partial charge in [0.1, 0.15) is 0 Å². The van der Waals surface area contributed by atoms with Crippen LogP contribution in [0, 0.1) is 0 Å². The number of hydrogen-bond acceptors (Lipinski definition) is 2. The van der Waals surface area contributed by atoms with Crippen LogP contribution in [0.2, 0.25) is 5.02 Å². The molecule has 0 aliphatic rings. The van der Waals surface area contributed by atoms with E-state index >= 15 is 0 Å². The van der Waals surface area contributed by atoms with Crippen molar-refractivity contribution in [3.05, 3.63) is 64.7 Å². The van der Waals surface area contributed by atoms with E-state index in [0.29, 0.717) is 17.8 Å². The first-order valence-corrected chi connectivity index (χ1v) is 7.08. The summed E-state index contributed by atoms with van der Waals surface area (Å²) in [5.41, 5.74) is 1.88. The fourth-order valence-electron chi connectivity index (χ4n) is 1.87.